The number of halogens is 2. The van der Waals surface area contributed by atoms with Gasteiger partial charge < -0.3 is 15.0 Å². The Bertz CT molecular complexity index is 640. The average molecular weight is 354 g/mol. The Labute approximate surface area is 146 Å². The van der Waals surface area contributed by atoms with Gasteiger partial charge in [-0.15, -0.1) is 0 Å². The van der Waals surface area contributed by atoms with E-state index in [2.05, 4.69) is 5.32 Å². The molecule has 0 radical (unpaired) electrons. The summed E-state index contributed by atoms with van der Waals surface area (Å²) in [5.74, 6) is -1.49. The molecule has 138 valence electrons. The van der Waals surface area contributed by atoms with E-state index in [1.807, 2.05) is 0 Å². The molecule has 1 fully saturated rings. The van der Waals surface area contributed by atoms with Gasteiger partial charge in [0, 0.05) is 37.2 Å². The van der Waals surface area contributed by atoms with Crippen LogP contribution in [0.5, 0.6) is 0 Å². The second-order valence-electron chi connectivity index (χ2n) is 7.17. The summed E-state index contributed by atoms with van der Waals surface area (Å²) in [4.78, 5) is 25.6. The van der Waals surface area contributed by atoms with Crippen LogP contribution in [0.3, 0.4) is 0 Å². The number of nitrogens with one attached hydrogen (secondary N) is 1. The molecule has 25 heavy (non-hydrogen) atoms. The van der Waals surface area contributed by atoms with Crippen LogP contribution in [0.1, 0.15) is 45.6 Å². The largest absolute Gasteiger partial charge is 0.444 e. The predicted octanol–water partition coefficient (Wildman–Crippen LogP) is 3.37. The topological polar surface area (TPSA) is 58.6 Å². The fourth-order valence-electron chi connectivity index (χ4n) is 2.37. The maximum atomic E-state index is 13.8. The van der Waals surface area contributed by atoms with Crippen molar-refractivity contribution in [3.63, 3.8) is 0 Å². The summed E-state index contributed by atoms with van der Waals surface area (Å²) >= 11 is 0. The Morgan fingerprint density at radius 1 is 1.28 bits per heavy atom. The second kappa shape index (κ2) is 7.80. The molecule has 0 heterocycles. The highest BCUT2D eigenvalue weighted by molar-refractivity contribution is 5.78. The van der Waals surface area contributed by atoms with Crippen LogP contribution in [0.15, 0.2) is 18.2 Å². The number of amides is 2. The molecule has 0 aromatic heterocycles. The number of nitrogens with zero attached hydrogens (tertiary/aromatic N) is 1. The first kappa shape index (κ1) is 19.1. The Balaban J connectivity index is 1.87. The Morgan fingerprint density at radius 2 is 1.96 bits per heavy atom. The molecule has 7 heteroatoms. The van der Waals surface area contributed by atoms with Crippen molar-refractivity contribution >= 4 is 12.0 Å². The van der Waals surface area contributed by atoms with E-state index in [1.54, 1.807) is 25.7 Å². The Morgan fingerprint density at radius 3 is 2.52 bits per heavy atom. The van der Waals surface area contributed by atoms with E-state index in [-0.39, 0.29) is 37.0 Å². The van der Waals surface area contributed by atoms with Crippen LogP contribution in [-0.2, 0) is 16.1 Å². The number of ether oxygens (including phenoxy) is 1. The normalized spacial score (nSPS) is 14.1. The third-order valence-electron chi connectivity index (χ3n) is 3.67. The lowest BCUT2D eigenvalue weighted by Crippen LogP contribution is -2.37. The summed E-state index contributed by atoms with van der Waals surface area (Å²) < 4.78 is 31.9. The van der Waals surface area contributed by atoms with E-state index in [4.69, 9.17) is 4.74 Å². The van der Waals surface area contributed by atoms with E-state index in [9.17, 15) is 18.4 Å². The van der Waals surface area contributed by atoms with Gasteiger partial charge in [-0.05, 0) is 39.7 Å². The minimum absolute atomic E-state index is 0.0819. The van der Waals surface area contributed by atoms with Crippen LogP contribution in [0.25, 0.3) is 0 Å². The smallest absolute Gasteiger partial charge is 0.407 e. The van der Waals surface area contributed by atoms with Gasteiger partial charge in [-0.2, -0.15) is 0 Å². The number of benzene rings is 1. The quantitative estimate of drug-likeness (QED) is 0.852. The molecular formula is C18H24F2N2O3. The van der Waals surface area contributed by atoms with Gasteiger partial charge in [0.15, 0.2) is 0 Å². The molecular weight excluding hydrogens is 330 g/mol. The van der Waals surface area contributed by atoms with Gasteiger partial charge in [0.05, 0.1) is 0 Å². The molecule has 1 saturated carbocycles. The number of carbonyl (C=O) groups excluding carboxylic acids is 2. The van der Waals surface area contributed by atoms with E-state index in [1.165, 1.54) is 12.1 Å². The van der Waals surface area contributed by atoms with Crippen molar-refractivity contribution in [1.29, 1.82) is 0 Å². The summed E-state index contributed by atoms with van der Waals surface area (Å²) in [6, 6.07) is 3.43. The molecule has 0 saturated heterocycles. The third-order valence-corrected chi connectivity index (χ3v) is 3.67. The maximum Gasteiger partial charge on any atom is 0.407 e. The lowest BCUT2D eigenvalue weighted by Gasteiger charge is -2.23. The summed E-state index contributed by atoms with van der Waals surface area (Å²) in [6.45, 7) is 5.50. The van der Waals surface area contributed by atoms with Gasteiger partial charge in [0.2, 0.25) is 5.91 Å². The van der Waals surface area contributed by atoms with Gasteiger partial charge in [-0.25, -0.2) is 13.6 Å². The van der Waals surface area contributed by atoms with Gasteiger partial charge in [-0.1, -0.05) is 6.07 Å². The van der Waals surface area contributed by atoms with Crippen LogP contribution in [0, 0.1) is 11.6 Å². The molecule has 1 N–H and O–H groups in total. The molecule has 0 unspecified atom stereocenters. The van der Waals surface area contributed by atoms with Gasteiger partial charge in [-0.3, -0.25) is 4.79 Å². The Kier molecular flexibility index (Phi) is 5.98. The molecule has 1 aliphatic rings. The first-order valence-electron chi connectivity index (χ1n) is 8.36. The number of rotatable bonds is 6. The monoisotopic (exact) mass is 354 g/mol. The fraction of sp³-hybridized carbons (Fsp3) is 0.556. The molecule has 0 aliphatic heterocycles. The standard InChI is InChI=1S/C18H24F2N2O3/c1-18(2,3)25-17(24)21-9-8-16(23)22(14-6-7-14)11-12-4-5-13(19)10-15(12)20/h4-5,10,14H,6-9,11H2,1-3H3,(H,21,24). The van der Waals surface area contributed by atoms with Crippen LogP contribution in [-0.4, -0.2) is 35.1 Å². The van der Waals surface area contributed by atoms with Crippen molar-refractivity contribution in [2.45, 2.75) is 58.2 Å². The zero-order chi connectivity index (χ0) is 18.6. The van der Waals surface area contributed by atoms with Gasteiger partial charge in [0.1, 0.15) is 17.2 Å². The molecule has 0 spiro atoms. The molecule has 2 rings (SSSR count). The van der Waals surface area contributed by atoms with Crippen molar-refractivity contribution in [2.24, 2.45) is 0 Å². The lowest BCUT2D eigenvalue weighted by atomic mass is 10.2. The van der Waals surface area contributed by atoms with E-state index in [0.717, 1.165) is 18.9 Å². The Hall–Kier alpha value is -2.18. The predicted molar refractivity (Wildman–Crippen MR) is 88.8 cm³/mol. The molecule has 0 atom stereocenters. The SMILES string of the molecule is CC(C)(C)OC(=O)NCCC(=O)N(Cc1ccc(F)cc1F)C1CC1. The highest BCUT2D eigenvalue weighted by atomic mass is 19.1. The zero-order valence-electron chi connectivity index (χ0n) is 14.8. The van der Waals surface area contributed by atoms with E-state index in [0.29, 0.717) is 0 Å². The zero-order valence-corrected chi connectivity index (χ0v) is 14.8. The van der Waals surface area contributed by atoms with Crippen LogP contribution >= 0.6 is 0 Å². The minimum atomic E-state index is -0.662. The average Bonchev–Trinajstić information content (AvgIpc) is 3.29. The minimum Gasteiger partial charge on any atom is -0.444 e. The van der Waals surface area contributed by atoms with E-state index >= 15 is 0 Å². The third kappa shape index (κ3) is 6.32. The molecule has 1 aliphatic carbocycles. The van der Waals surface area contributed by atoms with Gasteiger partial charge in [0.25, 0.3) is 0 Å². The van der Waals surface area contributed by atoms with Crippen molar-refractivity contribution in [2.75, 3.05) is 6.54 Å². The van der Waals surface area contributed by atoms with Crippen molar-refractivity contribution in [3.05, 3.63) is 35.4 Å². The highest BCUT2D eigenvalue weighted by Crippen LogP contribution is 2.29. The van der Waals surface area contributed by atoms with Gasteiger partial charge >= 0.3 is 6.09 Å². The molecule has 0 bridgehead atoms. The molecule has 2 amide bonds. The first-order chi connectivity index (χ1) is 11.7. The van der Waals surface area contributed by atoms with Crippen LogP contribution in [0.4, 0.5) is 13.6 Å². The second-order valence-corrected chi connectivity index (χ2v) is 7.17. The fourth-order valence-corrected chi connectivity index (χ4v) is 2.37. The maximum absolute atomic E-state index is 13.8. The molecule has 1 aromatic rings. The van der Waals surface area contributed by atoms with Crippen molar-refractivity contribution < 1.29 is 23.1 Å². The summed E-state index contributed by atoms with van der Waals surface area (Å²) in [5.41, 5.74) is -0.324. The number of carbonyl (C=O) groups is 2. The van der Waals surface area contributed by atoms with Crippen LogP contribution in [0.2, 0.25) is 0 Å². The number of hydrogen-bond acceptors (Lipinski definition) is 3. The molecule has 5 nitrogen and oxygen atoms in total. The number of hydrogen-bond donors (Lipinski definition) is 1. The number of alkyl carbamates (subject to hydrolysis) is 1. The molecule has 1 aromatic carbocycles. The van der Waals surface area contributed by atoms with E-state index < -0.39 is 23.3 Å². The van der Waals surface area contributed by atoms with Crippen molar-refractivity contribution in [3.8, 4) is 0 Å². The van der Waals surface area contributed by atoms with Crippen molar-refractivity contribution in [1.82, 2.24) is 10.2 Å². The highest BCUT2D eigenvalue weighted by Gasteiger charge is 2.32. The first-order valence-corrected chi connectivity index (χ1v) is 8.36. The summed E-state index contributed by atoms with van der Waals surface area (Å²) in [6.07, 6.45) is 1.25. The summed E-state index contributed by atoms with van der Waals surface area (Å²) in [7, 11) is 0. The van der Waals surface area contributed by atoms with Crippen LogP contribution < -0.4 is 5.32 Å². The summed E-state index contributed by atoms with van der Waals surface area (Å²) in [5, 5.41) is 2.53. The lowest BCUT2D eigenvalue weighted by molar-refractivity contribution is -0.132.